The zero-order valence-electron chi connectivity index (χ0n) is 7.68. The summed E-state index contributed by atoms with van der Waals surface area (Å²) >= 11 is 0. The van der Waals surface area contributed by atoms with Gasteiger partial charge in [0.25, 0.3) is 0 Å². The van der Waals surface area contributed by atoms with Crippen molar-refractivity contribution in [2.45, 2.75) is 6.10 Å². The average molecular weight is 204 g/mol. The zero-order chi connectivity index (χ0) is 10.8. The highest BCUT2D eigenvalue weighted by Gasteiger charge is 2.24. The Bertz CT molecular complexity index is 465. The number of Topliss-reactive ketones (excluding diaryl/α,β-unsaturated/α-hetero) is 1. The number of nitrogens with zero attached hydrogens (tertiary/aromatic N) is 1. The molecule has 1 aromatic rings. The van der Waals surface area contributed by atoms with E-state index in [0.29, 0.717) is 0 Å². The number of rotatable bonds is 1. The fraction of sp³-hybridized carbons (Fsp3) is 0.0909. The van der Waals surface area contributed by atoms with E-state index in [1.54, 1.807) is 0 Å². The molecule has 1 unspecified atom stereocenters. The molecule has 2 rings (SSSR count). The van der Waals surface area contributed by atoms with Crippen molar-refractivity contribution in [3.05, 3.63) is 48.1 Å². The van der Waals surface area contributed by atoms with Gasteiger partial charge in [-0.2, -0.15) is 0 Å². The third-order valence-corrected chi connectivity index (χ3v) is 2.09. The first-order valence-corrected chi connectivity index (χ1v) is 4.39. The molecule has 15 heavy (non-hydrogen) atoms. The summed E-state index contributed by atoms with van der Waals surface area (Å²) in [6.45, 7) is 0. The molecule has 75 valence electrons. The lowest BCUT2D eigenvalue weighted by atomic mass is 9.98. The summed E-state index contributed by atoms with van der Waals surface area (Å²) in [7, 11) is 0. The Labute approximate surface area is 85.6 Å². The van der Waals surface area contributed by atoms with Crippen LogP contribution >= 0.6 is 0 Å². The van der Waals surface area contributed by atoms with E-state index in [4.69, 9.17) is 0 Å². The number of halogens is 1. The molecule has 0 aliphatic heterocycles. The maximum atomic E-state index is 13.3. The topological polar surface area (TPSA) is 49.9 Å². The number of allylic oxidation sites excluding steroid dienone is 2. The maximum absolute atomic E-state index is 13.3. The van der Waals surface area contributed by atoms with Crippen LogP contribution in [0.2, 0.25) is 0 Å². The zero-order valence-corrected chi connectivity index (χ0v) is 7.68. The highest BCUT2D eigenvalue weighted by atomic mass is 19.1. The molecule has 0 bridgehead atoms. The molecule has 4 heteroatoms. The summed E-state index contributed by atoms with van der Waals surface area (Å²) in [6, 6.07) is 2.63. The SMILES string of the molecule is [O]C1C=CC=C(c2ncccc2F)C1=O. The van der Waals surface area contributed by atoms with Crippen molar-refractivity contribution in [2.75, 3.05) is 0 Å². The van der Waals surface area contributed by atoms with Crippen LogP contribution in [0.3, 0.4) is 0 Å². The lowest BCUT2D eigenvalue weighted by Crippen LogP contribution is -2.20. The molecule has 1 atom stereocenters. The lowest BCUT2D eigenvalue weighted by molar-refractivity contribution is -0.121. The summed E-state index contributed by atoms with van der Waals surface area (Å²) in [5.74, 6) is -1.24. The van der Waals surface area contributed by atoms with Gasteiger partial charge in [-0.05, 0) is 24.3 Å². The second-order valence-electron chi connectivity index (χ2n) is 3.08. The Morgan fingerprint density at radius 1 is 1.40 bits per heavy atom. The molecule has 0 aromatic carbocycles. The molecule has 1 aliphatic carbocycles. The first-order chi connectivity index (χ1) is 7.20. The number of ketones is 1. The third kappa shape index (κ3) is 1.71. The van der Waals surface area contributed by atoms with Crippen molar-refractivity contribution >= 4 is 11.4 Å². The minimum absolute atomic E-state index is 0.0376. The van der Waals surface area contributed by atoms with Gasteiger partial charge in [0.15, 0.2) is 6.10 Å². The van der Waals surface area contributed by atoms with E-state index in [2.05, 4.69) is 4.98 Å². The van der Waals surface area contributed by atoms with Crippen LogP contribution in [0.15, 0.2) is 36.6 Å². The summed E-state index contributed by atoms with van der Waals surface area (Å²) in [5, 5.41) is 11.1. The fourth-order valence-electron chi connectivity index (χ4n) is 1.35. The third-order valence-electron chi connectivity index (χ3n) is 2.09. The molecular formula is C11H7FNO2. The van der Waals surface area contributed by atoms with Gasteiger partial charge in [0, 0.05) is 11.8 Å². The van der Waals surface area contributed by atoms with E-state index >= 15 is 0 Å². The molecule has 0 spiro atoms. The summed E-state index contributed by atoms with van der Waals surface area (Å²) < 4.78 is 13.3. The van der Waals surface area contributed by atoms with E-state index in [9.17, 15) is 14.3 Å². The molecule has 3 nitrogen and oxygen atoms in total. The molecule has 1 radical (unpaired) electrons. The van der Waals surface area contributed by atoms with Crippen molar-refractivity contribution < 1.29 is 14.3 Å². The molecule has 1 aliphatic rings. The first kappa shape index (κ1) is 9.73. The predicted octanol–water partition coefficient (Wildman–Crippen LogP) is 1.54. The Hall–Kier alpha value is -1.81. The normalized spacial score (nSPS) is 20.3. The Balaban J connectivity index is 2.48. The summed E-state index contributed by atoms with van der Waals surface area (Å²) in [4.78, 5) is 15.2. The molecule has 0 amide bonds. The van der Waals surface area contributed by atoms with Gasteiger partial charge >= 0.3 is 0 Å². The number of carbonyl (C=O) groups excluding carboxylic acids is 1. The Morgan fingerprint density at radius 2 is 2.20 bits per heavy atom. The molecule has 1 heterocycles. The molecule has 0 saturated heterocycles. The molecule has 0 saturated carbocycles. The fourth-order valence-corrected chi connectivity index (χ4v) is 1.35. The van der Waals surface area contributed by atoms with Gasteiger partial charge in [-0.1, -0.05) is 6.08 Å². The quantitative estimate of drug-likeness (QED) is 0.696. The molecular weight excluding hydrogens is 197 g/mol. The van der Waals surface area contributed by atoms with Crippen molar-refractivity contribution in [1.82, 2.24) is 4.98 Å². The van der Waals surface area contributed by atoms with E-state index < -0.39 is 17.7 Å². The van der Waals surface area contributed by atoms with Crippen molar-refractivity contribution in [3.8, 4) is 0 Å². The van der Waals surface area contributed by atoms with Gasteiger partial charge in [-0.3, -0.25) is 9.78 Å². The lowest BCUT2D eigenvalue weighted by Gasteiger charge is -2.10. The number of pyridine rings is 1. The smallest absolute Gasteiger partial charge is 0.201 e. The van der Waals surface area contributed by atoms with Gasteiger partial charge in [0.2, 0.25) is 5.78 Å². The van der Waals surface area contributed by atoms with Gasteiger partial charge in [-0.15, -0.1) is 0 Å². The van der Waals surface area contributed by atoms with Crippen LogP contribution in [-0.4, -0.2) is 16.9 Å². The Morgan fingerprint density at radius 3 is 2.93 bits per heavy atom. The highest BCUT2D eigenvalue weighted by Crippen LogP contribution is 2.21. The standard InChI is InChI=1S/C11H7FNO2/c12-8-4-2-6-13-10(8)7-3-1-5-9(14)11(7)15/h1-6,9H. The summed E-state index contributed by atoms with van der Waals surface area (Å²) in [6.07, 6.45) is 4.01. The largest absolute Gasteiger partial charge is 0.291 e. The molecule has 1 aromatic heterocycles. The second kappa shape index (κ2) is 3.74. The minimum Gasteiger partial charge on any atom is -0.291 e. The monoisotopic (exact) mass is 204 g/mol. The average Bonchev–Trinajstić information content (AvgIpc) is 2.23. The van der Waals surface area contributed by atoms with Crippen LogP contribution < -0.4 is 0 Å². The number of carbonyl (C=O) groups is 1. The molecule has 0 N–H and O–H groups in total. The van der Waals surface area contributed by atoms with Crippen LogP contribution in [0.1, 0.15) is 5.69 Å². The van der Waals surface area contributed by atoms with Crippen LogP contribution in [-0.2, 0) is 9.90 Å². The predicted molar refractivity (Wildman–Crippen MR) is 50.8 cm³/mol. The van der Waals surface area contributed by atoms with E-state index in [0.717, 1.165) is 0 Å². The maximum Gasteiger partial charge on any atom is 0.201 e. The van der Waals surface area contributed by atoms with Crippen LogP contribution in [0.4, 0.5) is 4.39 Å². The minimum atomic E-state index is -1.45. The van der Waals surface area contributed by atoms with Gasteiger partial charge in [0.1, 0.15) is 11.5 Å². The number of hydrogen-bond acceptors (Lipinski definition) is 2. The van der Waals surface area contributed by atoms with Crippen molar-refractivity contribution in [2.24, 2.45) is 0 Å². The van der Waals surface area contributed by atoms with Gasteiger partial charge in [-0.25, -0.2) is 9.50 Å². The number of aromatic nitrogens is 1. The number of hydrogen-bond donors (Lipinski definition) is 0. The molecule has 0 fully saturated rings. The van der Waals surface area contributed by atoms with Crippen molar-refractivity contribution in [3.63, 3.8) is 0 Å². The van der Waals surface area contributed by atoms with Crippen LogP contribution in [0.5, 0.6) is 0 Å². The van der Waals surface area contributed by atoms with Crippen molar-refractivity contribution in [1.29, 1.82) is 0 Å². The van der Waals surface area contributed by atoms with E-state index in [-0.39, 0.29) is 11.3 Å². The first-order valence-electron chi connectivity index (χ1n) is 4.39. The van der Waals surface area contributed by atoms with Gasteiger partial charge in [0.05, 0.1) is 0 Å². The summed E-state index contributed by atoms with van der Waals surface area (Å²) in [5.41, 5.74) is -0.0247. The van der Waals surface area contributed by atoms with E-state index in [1.807, 2.05) is 0 Å². The Kier molecular flexibility index (Phi) is 2.43. The van der Waals surface area contributed by atoms with E-state index in [1.165, 1.54) is 36.6 Å². The second-order valence-corrected chi connectivity index (χ2v) is 3.08. The highest BCUT2D eigenvalue weighted by molar-refractivity contribution is 6.24. The van der Waals surface area contributed by atoms with Crippen LogP contribution in [0, 0.1) is 5.82 Å². The van der Waals surface area contributed by atoms with Gasteiger partial charge < -0.3 is 0 Å². The van der Waals surface area contributed by atoms with Crippen LogP contribution in [0.25, 0.3) is 5.57 Å².